The van der Waals surface area contributed by atoms with E-state index >= 15 is 0 Å². The van der Waals surface area contributed by atoms with Crippen molar-refractivity contribution in [2.75, 3.05) is 13.2 Å². The lowest BCUT2D eigenvalue weighted by Gasteiger charge is -2.40. The highest BCUT2D eigenvalue weighted by atomic mass is 16.6. The van der Waals surface area contributed by atoms with E-state index in [2.05, 4.69) is 5.32 Å². The standard InChI is InChI=1S/C8H15NO6.C5H10O5/c1-3(11)9-5-7(13)6(12)4(2-10)15-8(5)14;6-1-3(8)5(10)4(9)2-7/h4-8,10,12-14H,2H2,1H3,(H,9,11);1,3-5,7-10H,2H2/t4-,5-,6-,7-,8?;3-,4-,5+/m10/s1. The first-order valence-corrected chi connectivity index (χ1v) is 7.28. The number of carbonyl (C=O) groups is 2. The number of amides is 1. The lowest BCUT2D eigenvalue weighted by Crippen LogP contribution is -2.63. The van der Waals surface area contributed by atoms with Gasteiger partial charge in [0.2, 0.25) is 5.91 Å². The van der Waals surface area contributed by atoms with E-state index in [0.29, 0.717) is 0 Å². The molecule has 1 aliphatic heterocycles. The minimum Gasteiger partial charge on any atom is -0.394 e. The summed E-state index contributed by atoms with van der Waals surface area (Å²) >= 11 is 0. The Hall–Kier alpha value is -1.22. The number of hydrogen-bond acceptors (Lipinski definition) is 11. The molecular weight excluding hydrogens is 346 g/mol. The fourth-order valence-corrected chi connectivity index (χ4v) is 1.90. The molecule has 1 aliphatic rings. The predicted molar refractivity (Wildman–Crippen MR) is 78.8 cm³/mol. The minimum atomic E-state index is -1.64. The molecule has 9 N–H and O–H groups in total. The minimum absolute atomic E-state index is 0.0869. The molecule has 0 radical (unpaired) electrons. The SMILES string of the molecule is CC(=O)N[C@H]1C(O)O[C@H](CO)[C@@H](O)[C@@H]1O.O=C[C@H](O)[C@@H](O)[C@@H](O)CO. The number of nitrogens with one attached hydrogen (secondary N) is 1. The van der Waals surface area contributed by atoms with Crippen LogP contribution >= 0.6 is 0 Å². The van der Waals surface area contributed by atoms with Gasteiger partial charge in [0.15, 0.2) is 12.6 Å². The van der Waals surface area contributed by atoms with Gasteiger partial charge in [0, 0.05) is 6.92 Å². The van der Waals surface area contributed by atoms with Gasteiger partial charge < -0.3 is 55.7 Å². The average molecular weight is 371 g/mol. The second kappa shape index (κ2) is 11.4. The molecular formula is C13H25NO11. The number of ether oxygens (including phenoxy) is 1. The van der Waals surface area contributed by atoms with Gasteiger partial charge in [0.1, 0.15) is 42.7 Å². The number of hydrogen-bond donors (Lipinski definition) is 9. The number of carbonyl (C=O) groups excluding carboxylic acids is 2. The fourth-order valence-electron chi connectivity index (χ4n) is 1.90. The highest BCUT2D eigenvalue weighted by Gasteiger charge is 2.43. The summed E-state index contributed by atoms with van der Waals surface area (Å²) in [6.07, 6.45) is -9.87. The van der Waals surface area contributed by atoms with Crippen molar-refractivity contribution in [1.82, 2.24) is 5.32 Å². The normalized spacial score (nSPS) is 32.6. The first kappa shape index (κ1) is 23.8. The molecule has 0 aromatic heterocycles. The Bertz CT molecular complexity index is 409. The van der Waals surface area contributed by atoms with E-state index in [4.69, 9.17) is 30.3 Å². The van der Waals surface area contributed by atoms with Crippen molar-refractivity contribution in [1.29, 1.82) is 0 Å². The monoisotopic (exact) mass is 371 g/mol. The van der Waals surface area contributed by atoms with Crippen LogP contribution < -0.4 is 5.32 Å². The average Bonchev–Trinajstić information content (AvgIpc) is 2.59. The lowest BCUT2D eigenvalue weighted by molar-refractivity contribution is -0.253. The summed E-state index contributed by atoms with van der Waals surface area (Å²) in [7, 11) is 0. The van der Waals surface area contributed by atoms with Gasteiger partial charge in [-0.2, -0.15) is 0 Å². The molecule has 1 unspecified atom stereocenters. The van der Waals surface area contributed by atoms with Gasteiger partial charge in [-0.15, -0.1) is 0 Å². The summed E-state index contributed by atoms with van der Waals surface area (Å²) in [4.78, 5) is 20.5. The van der Waals surface area contributed by atoms with Crippen molar-refractivity contribution in [2.24, 2.45) is 0 Å². The molecule has 12 nitrogen and oxygen atoms in total. The lowest BCUT2D eigenvalue weighted by atomic mass is 9.97. The van der Waals surface area contributed by atoms with Crippen LogP contribution in [0.1, 0.15) is 6.92 Å². The van der Waals surface area contributed by atoms with Crippen LogP contribution in [0.2, 0.25) is 0 Å². The summed E-state index contributed by atoms with van der Waals surface area (Å²) < 4.78 is 4.81. The van der Waals surface area contributed by atoms with Crippen LogP contribution in [-0.2, 0) is 14.3 Å². The number of rotatable bonds is 6. The second-order valence-electron chi connectivity index (χ2n) is 5.32. The molecule has 1 heterocycles. The Morgan fingerprint density at radius 2 is 1.72 bits per heavy atom. The van der Waals surface area contributed by atoms with Crippen LogP contribution in [0.5, 0.6) is 0 Å². The summed E-state index contributed by atoms with van der Waals surface area (Å²) in [6, 6.07) is -1.10. The van der Waals surface area contributed by atoms with Crippen LogP contribution in [0.4, 0.5) is 0 Å². The molecule has 1 fully saturated rings. The largest absolute Gasteiger partial charge is 0.394 e. The summed E-state index contributed by atoms with van der Waals surface area (Å²) in [5.41, 5.74) is 0. The smallest absolute Gasteiger partial charge is 0.217 e. The van der Waals surface area contributed by atoms with Crippen molar-refractivity contribution in [3.05, 3.63) is 0 Å². The number of aliphatic hydroxyl groups excluding tert-OH is 8. The van der Waals surface area contributed by atoms with Crippen LogP contribution in [0.15, 0.2) is 0 Å². The summed E-state index contributed by atoms with van der Waals surface area (Å²) in [5.74, 6) is -0.462. The van der Waals surface area contributed by atoms with Gasteiger partial charge in [-0.1, -0.05) is 0 Å². The van der Waals surface area contributed by atoms with E-state index in [1.54, 1.807) is 0 Å². The van der Waals surface area contributed by atoms with Crippen molar-refractivity contribution >= 4 is 12.2 Å². The van der Waals surface area contributed by atoms with Gasteiger partial charge in [-0.3, -0.25) is 4.79 Å². The maximum atomic E-state index is 10.7. The van der Waals surface area contributed by atoms with Gasteiger partial charge in [0.05, 0.1) is 13.2 Å². The highest BCUT2D eigenvalue weighted by molar-refractivity contribution is 5.73. The zero-order chi connectivity index (χ0) is 19.7. The number of aldehydes is 1. The molecule has 8 atom stereocenters. The topological polar surface area (TPSA) is 217 Å². The van der Waals surface area contributed by atoms with Crippen LogP contribution in [0.25, 0.3) is 0 Å². The predicted octanol–water partition coefficient (Wildman–Crippen LogP) is -5.82. The molecule has 1 amide bonds. The third-order valence-electron chi connectivity index (χ3n) is 3.34. The molecule has 0 aromatic carbocycles. The zero-order valence-electron chi connectivity index (χ0n) is 13.4. The Morgan fingerprint density at radius 3 is 2.12 bits per heavy atom. The van der Waals surface area contributed by atoms with Crippen molar-refractivity contribution in [3.63, 3.8) is 0 Å². The molecule has 0 bridgehead atoms. The molecule has 148 valence electrons. The Labute approximate surface area is 142 Å². The molecule has 12 heteroatoms. The van der Waals surface area contributed by atoms with E-state index < -0.39 is 68.1 Å². The van der Waals surface area contributed by atoms with E-state index in [1.807, 2.05) is 0 Å². The molecule has 0 aliphatic carbocycles. The van der Waals surface area contributed by atoms with Crippen LogP contribution in [0.3, 0.4) is 0 Å². The third-order valence-corrected chi connectivity index (χ3v) is 3.34. The molecule has 1 rings (SSSR count). The van der Waals surface area contributed by atoms with Crippen molar-refractivity contribution in [3.8, 4) is 0 Å². The van der Waals surface area contributed by atoms with Crippen LogP contribution in [0, 0.1) is 0 Å². The second-order valence-corrected chi connectivity index (χ2v) is 5.32. The Balaban J connectivity index is 0.000000504. The molecule has 0 aromatic rings. The molecule has 0 saturated carbocycles. The summed E-state index contributed by atoms with van der Waals surface area (Å²) in [6.45, 7) is -0.00189. The molecule has 25 heavy (non-hydrogen) atoms. The van der Waals surface area contributed by atoms with E-state index in [9.17, 15) is 24.9 Å². The number of aliphatic hydroxyl groups is 8. The fraction of sp³-hybridized carbons (Fsp3) is 0.846. The van der Waals surface area contributed by atoms with Gasteiger partial charge in [-0.05, 0) is 0 Å². The van der Waals surface area contributed by atoms with E-state index in [0.717, 1.165) is 0 Å². The van der Waals surface area contributed by atoms with Gasteiger partial charge >= 0.3 is 0 Å². The zero-order valence-corrected chi connectivity index (χ0v) is 13.4. The van der Waals surface area contributed by atoms with Crippen molar-refractivity contribution < 1.29 is 55.2 Å². The van der Waals surface area contributed by atoms with Gasteiger partial charge in [-0.25, -0.2) is 0 Å². The summed E-state index contributed by atoms with van der Waals surface area (Å²) in [5, 5.41) is 73.4. The third kappa shape index (κ3) is 7.27. The maximum absolute atomic E-state index is 10.7. The highest BCUT2D eigenvalue weighted by Crippen LogP contribution is 2.19. The molecule has 0 spiro atoms. The van der Waals surface area contributed by atoms with Gasteiger partial charge in [0.25, 0.3) is 0 Å². The maximum Gasteiger partial charge on any atom is 0.217 e. The Morgan fingerprint density at radius 1 is 1.16 bits per heavy atom. The van der Waals surface area contributed by atoms with Crippen molar-refractivity contribution in [2.45, 2.75) is 55.9 Å². The Kier molecular flexibility index (Phi) is 10.8. The quantitative estimate of drug-likeness (QED) is 0.200. The van der Waals surface area contributed by atoms with E-state index in [-0.39, 0.29) is 6.29 Å². The molecule has 1 saturated heterocycles. The van der Waals surface area contributed by atoms with E-state index in [1.165, 1.54) is 6.92 Å². The first-order valence-electron chi connectivity index (χ1n) is 7.28. The van der Waals surface area contributed by atoms with Crippen LogP contribution in [-0.4, -0.2) is 115 Å². The first-order chi connectivity index (χ1) is 11.6.